The maximum absolute atomic E-state index is 12.5. The predicted octanol–water partition coefficient (Wildman–Crippen LogP) is 3.44. The van der Waals surface area contributed by atoms with E-state index in [-0.39, 0.29) is 10.8 Å². The first-order chi connectivity index (χ1) is 11.9. The largest absolute Gasteiger partial charge is 0.338 e. The molecule has 1 amide bonds. The summed E-state index contributed by atoms with van der Waals surface area (Å²) in [5.74, 6) is 0.109. The zero-order valence-electron chi connectivity index (χ0n) is 13.8. The van der Waals surface area contributed by atoms with Crippen molar-refractivity contribution in [2.24, 2.45) is 0 Å². The Kier molecular flexibility index (Phi) is 5.01. The van der Waals surface area contributed by atoms with E-state index in [0.29, 0.717) is 30.2 Å². The highest BCUT2D eigenvalue weighted by Gasteiger charge is 2.21. The Labute approximate surface area is 152 Å². The molecule has 2 aromatic rings. The molecule has 1 N–H and O–H groups in total. The van der Waals surface area contributed by atoms with Crippen LogP contribution in [0.1, 0.15) is 24.5 Å². The van der Waals surface area contributed by atoms with E-state index in [0.717, 1.165) is 17.5 Å². The Bertz CT molecular complexity index is 895. The van der Waals surface area contributed by atoms with Gasteiger partial charge in [0.1, 0.15) is 0 Å². The first-order valence-corrected chi connectivity index (χ1v) is 9.93. The smallest absolute Gasteiger partial charge is 0.261 e. The molecule has 1 aliphatic heterocycles. The second-order valence-electron chi connectivity index (χ2n) is 5.96. The minimum Gasteiger partial charge on any atom is -0.338 e. The van der Waals surface area contributed by atoms with Crippen LogP contribution in [0.4, 0.5) is 5.69 Å². The third-order valence-corrected chi connectivity index (χ3v) is 5.90. The van der Waals surface area contributed by atoms with Gasteiger partial charge in [0.25, 0.3) is 10.0 Å². The molecule has 1 aliphatic rings. The Balaban J connectivity index is 1.82. The molecule has 7 heteroatoms. The summed E-state index contributed by atoms with van der Waals surface area (Å²) in [5.41, 5.74) is 2.61. The monoisotopic (exact) mass is 378 g/mol. The van der Waals surface area contributed by atoms with Gasteiger partial charge in [-0.3, -0.25) is 9.52 Å². The number of amides is 1. The number of rotatable bonds is 4. The number of sulfonamides is 1. The normalized spacial score (nSPS) is 14.1. The van der Waals surface area contributed by atoms with Crippen molar-refractivity contribution in [2.75, 3.05) is 11.3 Å². The highest BCUT2D eigenvalue weighted by Crippen LogP contribution is 2.25. The molecule has 0 spiro atoms. The van der Waals surface area contributed by atoms with Crippen LogP contribution < -0.4 is 4.72 Å². The fourth-order valence-corrected chi connectivity index (χ4v) is 4.06. The molecule has 0 radical (unpaired) electrons. The molecule has 25 heavy (non-hydrogen) atoms. The maximum atomic E-state index is 12.5. The number of nitrogens with zero attached hydrogens (tertiary/aromatic N) is 1. The Morgan fingerprint density at radius 3 is 2.56 bits per heavy atom. The van der Waals surface area contributed by atoms with Crippen LogP contribution in [0, 0.1) is 0 Å². The van der Waals surface area contributed by atoms with Gasteiger partial charge in [0, 0.05) is 30.2 Å². The molecule has 0 bridgehead atoms. The van der Waals surface area contributed by atoms with Gasteiger partial charge < -0.3 is 4.90 Å². The number of benzene rings is 2. The highest BCUT2D eigenvalue weighted by atomic mass is 35.5. The van der Waals surface area contributed by atoms with Gasteiger partial charge in [-0.2, -0.15) is 0 Å². The van der Waals surface area contributed by atoms with Gasteiger partial charge in [-0.1, -0.05) is 24.6 Å². The fraction of sp³-hybridized carbons (Fsp3) is 0.278. The van der Waals surface area contributed by atoms with Crippen molar-refractivity contribution in [3.05, 3.63) is 58.6 Å². The summed E-state index contributed by atoms with van der Waals surface area (Å²) < 4.78 is 27.6. The van der Waals surface area contributed by atoms with Crippen LogP contribution >= 0.6 is 11.6 Å². The molecule has 5 nitrogen and oxygen atoms in total. The molecule has 3 rings (SSSR count). The van der Waals surface area contributed by atoms with Gasteiger partial charge in [-0.05, 0) is 53.9 Å². The van der Waals surface area contributed by atoms with Crippen LogP contribution in [-0.2, 0) is 27.8 Å². The molecular weight excluding hydrogens is 360 g/mol. The fourth-order valence-electron chi connectivity index (χ4n) is 2.88. The number of fused-ring (bicyclic) bond motifs is 1. The summed E-state index contributed by atoms with van der Waals surface area (Å²) in [6, 6.07) is 11.5. The maximum Gasteiger partial charge on any atom is 0.261 e. The van der Waals surface area contributed by atoms with Gasteiger partial charge in [0.15, 0.2) is 0 Å². The second-order valence-corrected chi connectivity index (χ2v) is 8.08. The predicted molar refractivity (Wildman–Crippen MR) is 98.1 cm³/mol. The zero-order valence-corrected chi connectivity index (χ0v) is 15.4. The number of halogens is 1. The Morgan fingerprint density at radius 1 is 1.16 bits per heavy atom. The standard InChI is InChI=1S/C18H19ClN2O3S/c1-2-18(22)21-10-9-13-3-6-16(11-14(13)12-21)20-25(23,24)17-7-4-15(19)5-8-17/h3-8,11,20H,2,9-10,12H2,1H3. The minimum absolute atomic E-state index is 0.109. The molecule has 132 valence electrons. The third-order valence-electron chi connectivity index (χ3n) is 4.25. The van der Waals surface area contributed by atoms with E-state index < -0.39 is 10.0 Å². The van der Waals surface area contributed by atoms with E-state index >= 15 is 0 Å². The van der Waals surface area contributed by atoms with E-state index in [2.05, 4.69) is 4.72 Å². The van der Waals surface area contributed by atoms with Gasteiger partial charge in [-0.15, -0.1) is 0 Å². The van der Waals surface area contributed by atoms with Crippen molar-refractivity contribution in [2.45, 2.75) is 31.2 Å². The van der Waals surface area contributed by atoms with Gasteiger partial charge in [-0.25, -0.2) is 8.42 Å². The van der Waals surface area contributed by atoms with E-state index in [1.807, 2.05) is 13.0 Å². The van der Waals surface area contributed by atoms with Crippen molar-refractivity contribution in [3.63, 3.8) is 0 Å². The van der Waals surface area contributed by atoms with E-state index in [9.17, 15) is 13.2 Å². The van der Waals surface area contributed by atoms with Crippen molar-refractivity contribution < 1.29 is 13.2 Å². The van der Waals surface area contributed by atoms with Crippen LogP contribution in [0.25, 0.3) is 0 Å². The summed E-state index contributed by atoms with van der Waals surface area (Å²) in [4.78, 5) is 13.9. The second kappa shape index (κ2) is 7.06. The van der Waals surface area contributed by atoms with Gasteiger partial charge in [0.2, 0.25) is 5.91 Å². The summed E-state index contributed by atoms with van der Waals surface area (Å²) in [6.07, 6.45) is 1.25. The topological polar surface area (TPSA) is 66.5 Å². The Hall–Kier alpha value is -2.05. The van der Waals surface area contributed by atoms with Gasteiger partial charge in [0.05, 0.1) is 4.90 Å². The number of carbonyl (C=O) groups excluding carboxylic acids is 1. The van der Waals surface area contributed by atoms with Crippen molar-refractivity contribution in [1.82, 2.24) is 4.90 Å². The first-order valence-electron chi connectivity index (χ1n) is 8.07. The van der Waals surface area contributed by atoms with E-state index in [1.54, 1.807) is 17.0 Å². The summed E-state index contributed by atoms with van der Waals surface area (Å²) >= 11 is 5.81. The number of nitrogens with one attached hydrogen (secondary N) is 1. The number of carbonyl (C=O) groups is 1. The van der Waals surface area contributed by atoms with Crippen LogP contribution in [0.15, 0.2) is 47.4 Å². The molecule has 2 aromatic carbocycles. The average molecular weight is 379 g/mol. The SMILES string of the molecule is CCC(=O)N1CCc2ccc(NS(=O)(=O)c3ccc(Cl)cc3)cc2C1. The summed E-state index contributed by atoms with van der Waals surface area (Å²) in [5, 5.41) is 0.480. The molecule has 0 atom stereocenters. The molecule has 0 saturated heterocycles. The van der Waals surface area contributed by atoms with Crippen molar-refractivity contribution in [1.29, 1.82) is 0 Å². The number of anilines is 1. The molecule has 0 fully saturated rings. The number of hydrogen-bond donors (Lipinski definition) is 1. The molecule has 0 unspecified atom stereocenters. The van der Waals surface area contributed by atoms with Gasteiger partial charge >= 0.3 is 0 Å². The molecule has 0 aromatic heterocycles. The minimum atomic E-state index is -3.68. The average Bonchev–Trinajstić information content (AvgIpc) is 2.60. The van der Waals surface area contributed by atoms with E-state index in [4.69, 9.17) is 11.6 Å². The third kappa shape index (κ3) is 3.96. The summed E-state index contributed by atoms with van der Waals surface area (Å²) in [6.45, 7) is 3.06. The highest BCUT2D eigenvalue weighted by molar-refractivity contribution is 7.92. The molecule has 0 saturated carbocycles. The zero-order chi connectivity index (χ0) is 18.0. The van der Waals surface area contributed by atoms with Crippen LogP contribution in [0.3, 0.4) is 0 Å². The van der Waals surface area contributed by atoms with Crippen LogP contribution in [0.2, 0.25) is 5.02 Å². The molecule has 1 heterocycles. The quantitative estimate of drug-likeness (QED) is 0.886. The lowest BCUT2D eigenvalue weighted by Crippen LogP contribution is -2.35. The van der Waals surface area contributed by atoms with Crippen LogP contribution in [0.5, 0.6) is 0 Å². The molecule has 0 aliphatic carbocycles. The lowest BCUT2D eigenvalue weighted by Gasteiger charge is -2.29. The summed E-state index contributed by atoms with van der Waals surface area (Å²) in [7, 11) is -3.68. The number of hydrogen-bond acceptors (Lipinski definition) is 3. The van der Waals surface area contributed by atoms with Crippen LogP contribution in [-0.4, -0.2) is 25.8 Å². The first kappa shape index (κ1) is 17.8. The van der Waals surface area contributed by atoms with Crippen molar-refractivity contribution in [3.8, 4) is 0 Å². The van der Waals surface area contributed by atoms with E-state index in [1.165, 1.54) is 24.3 Å². The van der Waals surface area contributed by atoms with Crippen molar-refractivity contribution >= 4 is 33.2 Å². The lowest BCUT2D eigenvalue weighted by atomic mass is 9.99. The Morgan fingerprint density at radius 2 is 1.88 bits per heavy atom. The lowest BCUT2D eigenvalue weighted by molar-refractivity contribution is -0.131. The molecular formula is C18H19ClN2O3S.